The van der Waals surface area contributed by atoms with Gasteiger partial charge >= 0.3 is 6.03 Å². The Morgan fingerprint density at radius 2 is 1.82 bits per heavy atom. The number of anilines is 1. The van der Waals surface area contributed by atoms with Crippen molar-refractivity contribution in [2.75, 3.05) is 46.8 Å². The summed E-state index contributed by atoms with van der Waals surface area (Å²) in [7, 11) is 6.49. The van der Waals surface area contributed by atoms with E-state index in [-0.39, 0.29) is 22.6 Å². The van der Waals surface area contributed by atoms with E-state index < -0.39 is 0 Å². The van der Waals surface area contributed by atoms with Gasteiger partial charge in [-0.2, -0.15) is 0 Å². The molecular formula is C24H31N3O5S. The van der Waals surface area contributed by atoms with E-state index >= 15 is 0 Å². The molecule has 2 aromatic carbocycles. The number of thioether (sulfide) groups is 1. The number of nitrogens with one attached hydrogen (secondary N) is 1. The molecule has 3 amide bonds. The first-order valence-electron chi connectivity index (χ1n) is 10.8. The van der Waals surface area contributed by atoms with E-state index in [0.717, 1.165) is 12.0 Å². The maximum Gasteiger partial charge on any atom is 0.321 e. The maximum absolute atomic E-state index is 13.1. The predicted octanol–water partition coefficient (Wildman–Crippen LogP) is 4.23. The molecule has 1 aliphatic rings. The number of ether oxygens (including phenoxy) is 3. The van der Waals surface area contributed by atoms with E-state index in [0.29, 0.717) is 36.0 Å². The average molecular weight is 474 g/mol. The number of methoxy groups -OCH3 is 3. The van der Waals surface area contributed by atoms with E-state index in [1.165, 1.54) is 0 Å². The summed E-state index contributed by atoms with van der Waals surface area (Å²) in [6, 6.07) is 12.6. The Morgan fingerprint density at radius 3 is 2.48 bits per heavy atom. The molecule has 0 unspecified atom stereocenters. The normalized spacial score (nSPS) is 17.6. The molecule has 1 N–H and O–H groups in total. The highest BCUT2D eigenvalue weighted by Crippen LogP contribution is 2.47. The number of rotatable bonds is 9. The molecule has 8 nitrogen and oxygen atoms in total. The number of urea groups is 1. The molecule has 2 aromatic rings. The van der Waals surface area contributed by atoms with Crippen LogP contribution >= 0.6 is 11.8 Å². The van der Waals surface area contributed by atoms with Gasteiger partial charge in [-0.1, -0.05) is 19.1 Å². The molecule has 33 heavy (non-hydrogen) atoms. The quantitative estimate of drug-likeness (QED) is 0.587. The van der Waals surface area contributed by atoms with Crippen LogP contribution in [0.4, 0.5) is 10.5 Å². The van der Waals surface area contributed by atoms with Crippen molar-refractivity contribution in [3.8, 4) is 17.2 Å². The fraction of sp³-hybridized carbons (Fsp3) is 0.417. The van der Waals surface area contributed by atoms with Crippen LogP contribution in [0.25, 0.3) is 0 Å². The van der Waals surface area contributed by atoms with Crippen LogP contribution < -0.4 is 19.5 Å². The minimum absolute atomic E-state index is 0.0657. The third-order valence-electron chi connectivity index (χ3n) is 5.58. The molecule has 0 aliphatic carbocycles. The lowest BCUT2D eigenvalue weighted by atomic mass is 10.1. The summed E-state index contributed by atoms with van der Waals surface area (Å²) in [5.41, 5.74) is 1.47. The maximum atomic E-state index is 13.1. The third-order valence-corrected chi connectivity index (χ3v) is 7.21. The fourth-order valence-corrected chi connectivity index (χ4v) is 5.12. The zero-order valence-corrected chi connectivity index (χ0v) is 20.5. The zero-order valence-electron chi connectivity index (χ0n) is 19.7. The summed E-state index contributed by atoms with van der Waals surface area (Å²) < 4.78 is 16.3. The number of amides is 3. The van der Waals surface area contributed by atoms with E-state index in [4.69, 9.17) is 14.2 Å². The van der Waals surface area contributed by atoms with Crippen LogP contribution in [-0.2, 0) is 4.79 Å². The Balaban J connectivity index is 1.75. The van der Waals surface area contributed by atoms with Crippen molar-refractivity contribution in [1.82, 2.24) is 9.80 Å². The summed E-state index contributed by atoms with van der Waals surface area (Å²) >= 11 is 1.60. The number of benzene rings is 2. The SMILES string of the molecule is CC[C@H]1S[C@H](c2cc(OC)ccc2OC)N(CCN(C)C(=O)Nc2ccccc2OC)C1=O. The molecule has 1 aliphatic heterocycles. The first-order valence-corrected chi connectivity index (χ1v) is 11.7. The van der Waals surface area contributed by atoms with Gasteiger partial charge in [0.1, 0.15) is 22.6 Å². The van der Waals surface area contributed by atoms with Crippen LogP contribution in [0.15, 0.2) is 42.5 Å². The van der Waals surface area contributed by atoms with E-state index in [2.05, 4.69) is 5.32 Å². The highest BCUT2D eigenvalue weighted by Gasteiger charge is 2.41. The molecule has 2 atom stereocenters. The van der Waals surface area contributed by atoms with Crippen LogP contribution in [0.3, 0.4) is 0 Å². The summed E-state index contributed by atoms with van der Waals surface area (Å²) in [5, 5.41) is 2.50. The lowest BCUT2D eigenvalue weighted by Gasteiger charge is -2.28. The second-order valence-corrected chi connectivity index (χ2v) is 8.86. The molecule has 178 valence electrons. The van der Waals surface area contributed by atoms with Crippen molar-refractivity contribution in [3.63, 3.8) is 0 Å². The zero-order chi connectivity index (χ0) is 24.0. The van der Waals surface area contributed by atoms with Gasteiger partial charge in [0.05, 0.1) is 32.3 Å². The summed E-state index contributed by atoms with van der Waals surface area (Å²) in [4.78, 5) is 29.2. The van der Waals surface area contributed by atoms with Crippen molar-refractivity contribution in [1.29, 1.82) is 0 Å². The number of para-hydroxylation sites is 2. The van der Waals surface area contributed by atoms with E-state index in [1.54, 1.807) is 57.2 Å². The molecule has 1 fully saturated rings. The number of likely N-dealkylation sites (N-methyl/N-ethyl adjacent to an activating group) is 1. The number of hydrogen-bond donors (Lipinski definition) is 1. The van der Waals surface area contributed by atoms with Crippen LogP contribution in [0, 0.1) is 0 Å². The van der Waals surface area contributed by atoms with Crippen LogP contribution in [-0.4, -0.2) is 68.5 Å². The Morgan fingerprint density at radius 1 is 1.09 bits per heavy atom. The number of carbonyl (C=O) groups excluding carboxylic acids is 2. The van der Waals surface area contributed by atoms with Gasteiger partial charge in [-0.15, -0.1) is 11.8 Å². The van der Waals surface area contributed by atoms with Crippen molar-refractivity contribution < 1.29 is 23.8 Å². The topological polar surface area (TPSA) is 80.3 Å². The molecular weight excluding hydrogens is 442 g/mol. The van der Waals surface area contributed by atoms with Gasteiger partial charge in [0.2, 0.25) is 5.91 Å². The molecule has 3 rings (SSSR count). The molecule has 0 saturated carbocycles. The molecule has 0 radical (unpaired) electrons. The monoisotopic (exact) mass is 473 g/mol. The number of nitrogens with zero attached hydrogens (tertiary/aromatic N) is 2. The summed E-state index contributed by atoms with van der Waals surface area (Å²) in [5.74, 6) is 2.05. The van der Waals surface area contributed by atoms with Crippen LogP contribution in [0.5, 0.6) is 17.2 Å². The van der Waals surface area contributed by atoms with Gasteiger partial charge in [-0.3, -0.25) is 4.79 Å². The number of carbonyl (C=O) groups is 2. The highest BCUT2D eigenvalue weighted by molar-refractivity contribution is 8.01. The van der Waals surface area contributed by atoms with Crippen molar-refractivity contribution in [3.05, 3.63) is 48.0 Å². The Hall–Kier alpha value is -3.07. The molecule has 0 spiro atoms. The minimum Gasteiger partial charge on any atom is -0.497 e. The predicted molar refractivity (Wildman–Crippen MR) is 130 cm³/mol. The van der Waals surface area contributed by atoms with Crippen molar-refractivity contribution in [2.45, 2.75) is 24.0 Å². The Bertz CT molecular complexity index is 986. The van der Waals surface area contributed by atoms with Crippen molar-refractivity contribution in [2.24, 2.45) is 0 Å². The largest absolute Gasteiger partial charge is 0.497 e. The van der Waals surface area contributed by atoms with Crippen molar-refractivity contribution >= 4 is 29.4 Å². The lowest BCUT2D eigenvalue weighted by Crippen LogP contribution is -2.40. The summed E-state index contributed by atoms with van der Waals surface area (Å²) in [6.45, 7) is 2.77. The Labute approximate surface area is 199 Å². The highest BCUT2D eigenvalue weighted by atomic mass is 32.2. The van der Waals surface area contributed by atoms with Gasteiger partial charge < -0.3 is 29.3 Å². The standard InChI is InChI=1S/C24H31N3O5S/c1-6-21-22(28)27(23(33-21)17-15-16(30-3)11-12-19(17)31-4)14-13-26(2)24(29)25-18-9-7-8-10-20(18)32-5/h7-12,15,21,23H,6,13-14H2,1-5H3,(H,25,29)/t21-,23-/m1/s1. The fourth-order valence-electron chi connectivity index (χ4n) is 3.68. The average Bonchev–Trinajstić information content (AvgIpc) is 3.17. The molecule has 1 heterocycles. The van der Waals surface area contributed by atoms with Gasteiger partial charge in [0.25, 0.3) is 0 Å². The second kappa shape index (κ2) is 11.2. The molecule has 0 bridgehead atoms. The first kappa shape index (κ1) is 24.6. The third kappa shape index (κ3) is 5.47. The smallest absolute Gasteiger partial charge is 0.321 e. The van der Waals surface area contributed by atoms with Crippen LogP contribution in [0.1, 0.15) is 24.3 Å². The molecule has 9 heteroatoms. The number of hydrogen-bond acceptors (Lipinski definition) is 6. The van der Waals surface area contributed by atoms with Crippen LogP contribution in [0.2, 0.25) is 0 Å². The van der Waals surface area contributed by atoms with E-state index in [9.17, 15) is 9.59 Å². The Kier molecular flexibility index (Phi) is 8.32. The first-order chi connectivity index (χ1) is 15.9. The lowest BCUT2D eigenvalue weighted by molar-refractivity contribution is -0.130. The minimum atomic E-state index is -0.277. The van der Waals surface area contributed by atoms with Gasteiger partial charge in [0.15, 0.2) is 0 Å². The van der Waals surface area contributed by atoms with Gasteiger partial charge in [-0.25, -0.2) is 4.79 Å². The second-order valence-electron chi connectivity index (χ2n) is 7.58. The summed E-state index contributed by atoms with van der Waals surface area (Å²) in [6.07, 6.45) is 0.729. The molecule has 0 aromatic heterocycles. The molecule has 1 saturated heterocycles. The van der Waals surface area contributed by atoms with E-state index in [1.807, 2.05) is 42.2 Å². The van der Waals surface area contributed by atoms with Gasteiger partial charge in [0, 0.05) is 25.7 Å². The van der Waals surface area contributed by atoms with Gasteiger partial charge in [-0.05, 0) is 36.8 Å².